The van der Waals surface area contributed by atoms with Gasteiger partial charge in [0.05, 0.1) is 29.1 Å². The lowest BCUT2D eigenvalue weighted by Crippen LogP contribution is -2.09. The van der Waals surface area contributed by atoms with Gasteiger partial charge in [-0.3, -0.25) is 0 Å². The van der Waals surface area contributed by atoms with E-state index in [1.807, 2.05) is 42.7 Å². The van der Waals surface area contributed by atoms with Crippen molar-refractivity contribution in [2.45, 2.75) is 0 Å². The van der Waals surface area contributed by atoms with Crippen LogP contribution in [0.2, 0.25) is 0 Å². The minimum Gasteiger partial charge on any atom is -0.310 e. The van der Waals surface area contributed by atoms with Crippen LogP contribution in [0.15, 0.2) is 200 Å². The maximum absolute atomic E-state index is 4.82. The number of hydrogen-bond donors (Lipinski definition) is 0. The lowest BCUT2D eigenvalue weighted by Gasteiger charge is -2.26. The van der Waals surface area contributed by atoms with E-state index in [-0.39, 0.29) is 0 Å². The molecular formula is C46H33N5. The Balaban J connectivity index is 1.28. The van der Waals surface area contributed by atoms with E-state index in [0.29, 0.717) is 5.82 Å². The summed E-state index contributed by atoms with van der Waals surface area (Å²) in [5.74, 6) is 0.701. The molecule has 0 saturated carbocycles. The second-order valence-corrected chi connectivity index (χ2v) is 12.4. The molecule has 242 valence electrons. The Hall–Kier alpha value is -6.98. The lowest BCUT2D eigenvalue weighted by atomic mass is 10.1. The minimum atomic E-state index is 0.701. The average molecular weight is 656 g/mol. The highest BCUT2D eigenvalue weighted by Gasteiger charge is 2.20. The first kappa shape index (κ1) is 30.1. The van der Waals surface area contributed by atoms with Gasteiger partial charge in [0, 0.05) is 50.5 Å². The molecule has 51 heavy (non-hydrogen) atoms. The predicted molar refractivity (Wildman–Crippen MR) is 211 cm³/mol. The monoisotopic (exact) mass is 655 g/mol. The summed E-state index contributed by atoms with van der Waals surface area (Å²) in [6.07, 6.45) is 3.85. The molecule has 0 N–H and O–H groups in total. The van der Waals surface area contributed by atoms with Gasteiger partial charge in [-0.1, -0.05) is 103 Å². The molecule has 0 radical (unpaired) electrons. The van der Waals surface area contributed by atoms with Crippen LogP contribution in [0.1, 0.15) is 0 Å². The summed E-state index contributed by atoms with van der Waals surface area (Å²) in [5, 5.41) is 2.27. The molecule has 9 rings (SSSR count). The Labute approximate surface area is 297 Å². The van der Waals surface area contributed by atoms with Gasteiger partial charge in [-0.25, -0.2) is 9.97 Å². The number of rotatable bonds is 8. The van der Waals surface area contributed by atoms with Gasteiger partial charge in [0.25, 0.3) is 0 Å². The zero-order chi connectivity index (χ0) is 34.0. The van der Waals surface area contributed by atoms with Gasteiger partial charge in [-0.15, -0.1) is 0 Å². The van der Waals surface area contributed by atoms with Crippen LogP contribution in [0, 0.1) is 0 Å². The summed E-state index contributed by atoms with van der Waals surface area (Å²) < 4.78 is 2.28. The molecule has 0 aliphatic rings. The molecule has 9 aromatic rings. The second kappa shape index (κ2) is 13.1. The van der Waals surface area contributed by atoms with Crippen LogP contribution in [0.25, 0.3) is 38.9 Å². The summed E-state index contributed by atoms with van der Waals surface area (Å²) >= 11 is 0. The van der Waals surface area contributed by atoms with Crippen molar-refractivity contribution in [1.82, 2.24) is 14.5 Å². The Morgan fingerprint density at radius 3 is 1.08 bits per heavy atom. The van der Waals surface area contributed by atoms with Gasteiger partial charge in [0.15, 0.2) is 5.82 Å². The summed E-state index contributed by atoms with van der Waals surface area (Å²) in [7, 11) is 0. The normalized spacial score (nSPS) is 11.1. The topological polar surface area (TPSA) is 37.2 Å². The average Bonchev–Trinajstić information content (AvgIpc) is 3.53. The van der Waals surface area contributed by atoms with E-state index in [0.717, 1.165) is 67.2 Å². The number of fused-ring (bicyclic) bond motifs is 3. The van der Waals surface area contributed by atoms with Crippen molar-refractivity contribution < 1.29 is 0 Å². The van der Waals surface area contributed by atoms with Crippen LogP contribution in [-0.2, 0) is 0 Å². The van der Waals surface area contributed by atoms with Gasteiger partial charge in [0.1, 0.15) is 0 Å². The van der Waals surface area contributed by atoms with Gasteiger partial charge < -0.3 is 14.4 Å². The maximum atomic E-state index is 4.82. The standard InChI is InChI=1S/C46H33N5/c1-6-16-34(17-7-1)46-47-32-41(33-48-46)51-44-28-26-39(49(35-18-8-2-9-19-35)36-20-10-3-11-21-36)30-42(44)43-31-40(27-29-45(43)51)50(37-22-12-4-13-23-37)38-24-14-5-15-25-38/h1-33H. The molecule has 0 saturated heterocycles. The Bertz CT molecular complexity index is 2330. The number of benzene rings is 7. The van der Waals surface area contributed by atoms with Crippen molar-refractivity contribution in [2.75, 3.05) is 9.80 Å². The van der Waals surface area contributed by atoms with Crippen molar-refractivity contribution in [3.63, 3.8) is 0 Å². The Morgan fingerprint density at radius 2 is 0.706 bits per heavy atom. The molecule has 2 heterocycles. The van der Waals surface area contributed by atoms with E-state index in [9.17, 15) is 0 Å². The van der Waals surface area contributed by atoms with E-state index in [4.69, 9.17) is 9.97 Å². The summed E-state index contributed by atoms with van der Waals surface area (Å²) in [6.45, 7) is 0. The van der Waals surface area contributed by atoms with E-state index in [2.05, 4.69) is 172 Å². The molecule has 0 amide bonds. The maximum Gasteiger partial charge on any atom is 0.159 e. The van der Waals surface area contributed by atoms with Crippen LogP contribution in [0.3, 0.4) is 0 Å². The van der Waals surface area contributed by atoms with Crippen LogP contribution < -0.4 is 9.80 Å². The van der Waals surface area contributed by atoms with Crippen molar-refractivity contribution >= 4 is 55.9 Å². The van der Waals surface area contributed by atoms with E-state index < -0.39 is 0 Å². The third-order valence-corrected chi connectivity index (χ3v) is 9.23. The van der Waals surface area contributed by atoms with Crippen LogP contribution in [0.5, 0.6) is 0 Å². The molecule has 0 spiro atoms. The zero-order valence-electron chi connectivity index (χ0n) is 27.8. The highest BCUT2D eigenvalue weighted by Crippen LogP contribution is 2.42. The summed E-state index contributed by atoms with van der Waals surface area (Å²) in [5.41, 5.74) is 10.6. The number of aromatic nitrogens is 3. The quantitative estimate of drug-likeness (QED) is 0.163. The molecule has 2 aromatic heterocycles. The van der Waals surface area contributed by atoms with Crippen molar-refractivity contribution in [3.05, 3.63) is 200 Å². The first-order valence-electron chi connectivity index (χ1n) is 17.1. The molecule has 0 bridgehead atoms. The molecule has 0 aliphatic heterocycles. The van der Waals surface area contributed by atoms with Gasteiger partial charge in [-0.2, -0.15) is 0 Å². The summed E-state index contributed by atoms with van der Waals surface area (Å²) in [4.78, 5) is 14.3. The highest BCUT2D eigenvalue weighted by atomic mass is 15.1. The third-order valence-electron chi connectivity index (χ3n) is 9.23. The SMILES string of the molecule is c1ccc(-c2ncc(-n3c4ccc(N(c5ccccc5)c5ccccc5)cc4c4cc(N(c5ccccc5)c5ccccc5)ccc43)cn2)cc1. The fourth-order valence-electron chi connectivity index (χ4n) is 6.93. The fourth-order valence-corrected chi connectivity index (χ4v) is 6.93. The van der Waals surface area contributed by atoms with E-state index >= 15 is 0 Å². The Morgan fingerprint density at radius 1 is 0.353 bits per heavy atom. The molecule has 0 aliphatic carbocycles. The van der Waals surface area contributed by atoms with Gasteiger partial charge in [0.2, 0.25) is 0 Å². The number of anilines is 6. The minimum absolute atomic E-state index is 0.701. The summed E-state index contributed by atoms with van der Waals surface area (Å²) in [6, 6.07) is 65.7. The fraction of sp³-hybridized carbons (Fsp3) is 0. The van der Waals surface area contributed by atoms with E-state index in [1.54, 1.807) is 0 Å². The third kappa shape index (κ3) is 5.67. The van der Waals surface area contributed by atoms with Crippen LogP contribution in [-0.4, -0.2) is 14.5 Å². The van der Waals surface area contributed by atoms with E-state index in [1.165, 1.54) is 0 Å². The largest absolute Gasteiger partial charge is 0.310 e. The van der Waals surface area contributed by atoms with Crippen LogP contribution in [0.4, 0.5) is 34.1 Å². The molecular weight excluding hydrogens is 623 g/mol. The smallest absolute Gasteiger partial charge is 0.159 e. The van der Waals surface area contributed by atoms with Gasteiger partial charge in [-0.05, 0) is 84.9 Å². The molecule has 5 nitrogen and oxygen atoms in total. The number of hydrogen-bond acceptors (Lipinski definition) is 4. The molecule has 5 heteroatoms. The number of para-hydroxylation sites is 4. The predicted octanol–water partition coefficient (Wildman–Crippen LogP) is 12.2. The van der Waals surface area contributed by atoms with Gasteiger partial charge >= 0.3 is 0 Å². The Kier molecular flexibility index (Phi) is 7.76. The lowest BCUT2D eigenvalue weighted by molar-refractivity contribution is 1.08. The van der Waals surface area contributed by atoms with Crippen molar-refractivity contribution in [2.24, 2.45) is 0 Å². The second-order valence-electron chi connectivity index (χ2n) is 12.4. The van der Waals surface area contributed by atoms with Crippen molar-refractivity contribution in [1.29, 1.82) is 0 Å². The highest BCUT2D eigenvalue weighted by molar-refractivity contribution is 6.12. The zero-order valence-corrected chi connectivity index (χ0v) is 27.8. The molecule has 7 aromatic carbocycles. The first-order valence-corrected chi connectivity index (χ1v) is 17.1. The first-order chi connectivity index (χ1) is 25.3. The number of nitrogens with zero attached hydrogens (tertiary/aromatic N) is 5. The van der Waals surface area contributed by atoms with Crippen LogP contribution >= 0.6 is 0 Å². The molecule has 0 atom stereocenters. The van der Waals surface area contributed by atoms with Crippen molar-refractivity contribution in [3.8, 4) is 17.1 Å². The molecule has 0 unspecified atom stereocenters. The molecule has 0 fully saturated rings.